The molecule has 1 amide bonds. The van der Waals surface area contributed by atoms with Crippen LogP contribution in [0.25, 0.3) is 0 Å². The van der Waals surface area contributed by atoms with Crippen molar-refractivity contribution >= 4 is 38.8 Å². The zero-order valence-electron chi connectivity index (χ0n) is 23.5. The molecule has 1 aliphatic carbocycles. The average molecular weight is 611 g/mol. The molecule has 0 aromatic carbocycles. The predicted molar refractivity (Wildman–Crippen MR) is 160 cm³/mol. The maximum Gasteiger partial charge on any atom is 0.232 e. The van der Waals surface area contributed by atoms with Crippen LogP contribution in [-0.2, 0) is 17.6 Å². The van der Waals surface area contributed by atoms with Crippen molar-refractivity contribution in [1.82, 2.24) is 30.4 Å². The molecule has 42 heavy (non-hydrogen) atoms. The third kappa shape index (κ3) is 8.17. The molecule has 0 radical (unpaired) electrons. The summed E-state index contributed by atoms with van der Waals surface area (Å²) in [7, 11) is 0. The molecule has 5 rings (SSSR count). The van der Waals surface area contributed by atoms with Gasteiger partial charge in [-0.1, -0.05) is 29.1 Å². The number of aromatic nitrogens is 6. The summed E-state index contributed by atoms with van der Waals surface area (Å²) in [6.45, 7) is 4.98. The Hall–Kier alpha value is -3.75. The van der Waals surface area contributed by atoms with Crippen molar-refractivity contribution in [3.63, 3.8) is 0 Å². The van der Waals surface area contributed by atoms with Crippen LogP contribution in [0.5, 0.6) is 11.5 Å². The van der Waals surface area contributed by atoms with E-state index in [4.69, 9.17) is 9.47 Å². The number of nitrogens with one attached hydrogen (secondary N) is 2. The second-order valence-corrected chi connectivity index (χ2v) is 11.9. The first-order valence-electron chi connectivity index (χ1n) is 14.1. The smallest absolute Gasteiger partial charge is 0.232 e. The third-order valence-electron chi connectivity index (χ3n) is 6.75. The zero-order chi connectivity index (χ0) is 29.3. The fourth-order valence-corrected chi connectivity index (χ4v) is 6.66. The van der Waals surface area contributed by atoms with E-state index in [9.17, 15) is 9.90 Å². The third-order valence-corrected chi connectivity index (χ3v) is 8.77. The Morgan fingerprint density at radius 1 is 0.905 bits per heavy atom. The van der Waals surface area contributed by atoms with Crippen molar-refractivity contribution in [2.45, 2.75) is 70.4 Å². The van der Waals surface area contributed by atoms with Crippen molar-refractivity contribution in [2.24, 2.45) is 0 Å². The summed E-state index contributed by atoms with van der Waals surface area (Å²) < 4.78 is 10.8. The second-order valence-electron chi connectivity index (χ2n) is 9.88. The summed E-state index contributed by atoms with van der Waals surface area (Å²) in [5.41, 5.74) is 1.40. The lowest BCUT2D eigenvalue weighted by Crippen LogP contribution is -2.21. The Labute approximate surface area is 252 Å². The molecule has 222 valence electrons. The van der Waals surface area contributed by atoms with Gasteiger partial charge in [-0.05, 0) is 57.4 Å². The molecule has 1 saturated carbocycles. The molecule has 0 spiro atoms. The Kier molecular flexibility index (Phi) is 10.2. The highest BCUT2D eigenvalue weighted by Crippen LogP contribution is 2.43. The van der Waals surface area contributed by atoms with Gasteiger partial charge in [-0.3, -0.25) is 14.8 Å². The van der Waals surface area contributed by atoms with E-state index in [2.05, 4.69) is 41.0 Å². The normalized spacial score (nSPS) is 17.4. The lowest BCUT2D eigenvalue weighted by Gasteiger charge is -2.25. The van der Waals surface area contributed by atoms with E-state index in [1.807, 2.05) is 32.0 Å². The van der Waals surface area contributed by atoms with E-state index in [0.717, 1.165) is 41.4 Å². The van der Waals surface area contributed by atoms with Gasteiger partial charge in [-0.15, -0.1) is 20.4 Å². The number of rotatable bonds is 13. The summed E-state index contributed by atoms with van der Waals surface area (Å²) in [6.07, 6.45) is 6.86. The lowest BCUT2D eigenvalue weighted by molar-refractivity contribution is -0.115. The molecule has 1 unspecified atom stereocenters. The van der Waals surface area contributed by atoms with Gasteiger partial charge in [0.1, 0.15) is 27.7 Å². The number of anilines is 2. The maximum absolute atomic E-state index is 12.5. The average Bonchev–Trinajstić information content (AvgIpc) is 3.65. The molecule has 3 atom stereocenters. The first-order chi connectivity index (χ1) is 20.5. The maximum atomic E-state index is 12.5. The summed E-state index contributed by atoms with van der Waals surface area (Å²) in [6, 6.07) is 7.28. The quantitative estimate of drug-likeness (QED) is 0.182. The highest BCUT2D eigenvalue weighted by Gasteiger charge is 2.29. The summed E-state index contributed by atoms with van der Waals surface area (Å²) in [5, 5.41) is 36.6. The van der Waals surface area contributed by atoms with Crippen LogP contribution in [0.4, 0.5) is 10.3 Å². The minimum Gasteiger partial charge on any atom is -0.492 e. The molecule has 14 heteroatoms. The first kappa shape index (κ1) is 29.7. The van der Waals surface area contributed by atoms with Gasteiger partial charge < -0.3 is 25.2 Å². The van der Waals surface area contributed by atoms with Crippen LogP contribution in [0.15, 0.2) is 36.7 Å². The molecule has 0 saturated heterocycles. The molecular formula is C28H34N8O4S2. The highest BCUT2D eigenvalue weighted by molar-refractivity contribution is 7.15. The Morgan fingerprint density at radius 2 is 1.50 bits per heavy atom. The molecule has 3 N–H and O–H groups in total. The molecule has 4 aromatic heterocycles. The van der Waals surface area contributed by atoms with Crippen molar-refractivity contribution in [1.29, 1.82) is 0 Å². The summed E-state index contributed by atoms with van der Waals surface area (Å²) in [5.74, 6) is 1.67. The van der Waals surface area contributed by atoms with Gasteiger partial charge in [0.15, 0.2) is 0 Å². The van der Waals surface area contributed by atoms with Crippen molar-refractivity contribution < 1.29 is 19.4 Å². The van der Waals surface area contributed by atoms with Gasteiger partial charge in [-0.2, -0.15) is 0 Å². The first-order valence-corrected chi connectivity index (χ1v) is 15.7. The molecule has 0 bridgehead atoms. The van der Waals surface area contributed by atoms with Crippen LogP contribution in [-0.4, -0.2) is 60.8 Å². The molecule has 1 fully saturated rings. The predicted octanol–water partition coefficient (Wildman–Crippen LogP) is 4.57. The number of hydrogen-bond donors (Lipinski definition) is 3. The van der Waals surface area contributed by atoms with Gasteiger partial charge >= 0.3 is 0 Å². The number of pyridine rings is 2. The standard InChI is InChI=1S/C28H34N8O4S2/c1-3-39-21-10-8-19(29-15-21)13-23(37)31-27-35-33-25(41-27)17-6-5-7-18(12-17)26-34-36-28(42-26)32-24(38)14-20-9-11-22(16-30-20)40-4-2/h8-11,15-18,23,37H,3-7,12-14H2,1-2H3,(H,31,35)(H,32,36,38)/t17-,18-,23?/m0/s1. The van der Waals surface area contributed by atoms with E-state index < -0.39 is 6.23 Å². The number of nitrogens with zero attached hydrogens (tertiary/aromatic N) is 6. The number of aliphatic hydroxyl groups excluding tert-OH is 1. The van der Waals surface area contributed by atoms with Gasteiger partial charge in [0, 0.05) is 29.6 Å². The number of ether oxygens (including phenoxy) is 2. The minimum atomic E-state index is -0.837. The van der Waals surface area contributed by atoms with E-state index in [0.29, 0.717) is 47.1 Å². The van der Waals surface area contributed by atoms with E-state index in [-0.39, 0.29) is 24.2 Å². The Bertz CT molecular complexity index is 1430. The Morgan fingerprint density at radius 3 is 2.10 bits per heavy atom. The van der Waals surface area contributed by atoms with E-state index >= 15 is 0 Å². The summed E-state index contributed by atoms with van der Waals surface area (Å²) in [4.78, 5) is 21.2. The van der Waals surface area contributed by atoms with Crippen LogP contribution in [0, 0.1) is 0 Å². The second kappa shape index (κ2) is 14.4. The van der Waals surface area contributed by atoms with E-state index in [1.54, 1.807) is 18.5 Å². The zero-order valence-corrected chi connectivity index (χ0v) is 25.2. The molecule has 4 aromatic rings. The van der Waals surface area contributed by atoms with Crippen LogP contribution < -0.4 is 20.1 Å². The molecule has 4 heterocycles. The van der Waals surface area contributed by atoms with Gasteiger partial charge in [-0.25, -0.2) is 0 Å². The minimum absolute atomic E-state index is 0.144. The van der Waals surface area contributed by atoms with E-state index in [1.165, 1.54) is 22.7 Å². The SMILES string of the molecule is CCOc1ccc(CC(=O)Nc2nnc([C@H]3CCC[C@H](c4nnc(NC(O)Cc5ccc(OCC)cn5)s4)C3)s2)nc1. The monoisotopic (exact) mass is 610 g/mol. The van der Waals surface area contributed by atoms with Crippen molar-refractivity contribution in [3.8, 4) is 11.5 Å². The fourth-order valence-electron chi connectivity index (χ4n) is 4.82. The van der Waals surface area contributed by atoms with Gasteiger partial charge in [0.05, 0.1) is 32.0 Å². The number of aliphatic hydroxyl groups is 1. The number of hydrogen-bond acceptors (Lipinski definition) is 13. The molecule has 0 aliphatic heterocycles. The number of carbonyl (C=O) groups excluding carboxylic acids is 1. The summed E-state index contributed by atoms with van der Waals surface area (Å²) >= 11 is 2.88. The molecular weight excluding hydrogens is 576 g/mol. The highest BCUT2D eigenvalue weighted by atomic mass is 32.1. The number of amides is 1. The van der Waals surface area contributed by atoms with Crippen LogP contribution in [0.2, 0.25) is 0 Å². The lowest BCUT2D eigenvalue weighted by atomic mass is 9.82. The van der Waals surface area contributed by atoms with Crippen LogP contribution in [0.3, 0.4) is 0 Å². The van der Waals surface area contributed by atoms with Crippen molar-refractivity contribution in [3.05, 3.63) is 58.1 Å². The van der Waals surface area contributed by atoms with Crippen molar-refractivity contribution in [2.75, 3.05) is 23.8 Å². The number of carbonyl (C=O) groups is 1. The Balaban J connectivity index is 1.11. The van der Waals surface area contributed by atoms with Gasteiger partial charge in [0.25, 0.3) is 0 Å². The molecule has 12 nitrogen and oxygen atoms in total. The topological polar surface area (TPSA) is 157 Å². The fraction of sp³-hybridized carbons (Fsp3) is 0.464. The largest absolute Gasteiger partial charge is 0.492 e. The van der Waals surface area contributed by atoms with Gasteiger partial charge in [0.2, 0.25) is 16.2 Å². The van der Waals surface area contributed by atoms with Crippen LogP contribution >= 0.6 is 22.7 Å². The molecule has 1 aliphatic rings. The van der Waals surface area contributed by atoms with Crippen LogP contribution in [0.1, 0.15) is 72.8 Å².